The van der Waals surface area contributed by atoms with Crippen LogP contribution in [0.3, 0.4) is 0 Å². The second kappa shape index (κ2) is 7.24. The van der Waals surface area contributed by atoms with Gasteiger partial charge >= 0.3 is 0 Å². The summed E-state index contributed by atoms with van der Waals surface area (Å²) in [6.07, 6.45) is 2.47. The summed E-state index contributed by atoms with van der Waals surface area (Å²) in [5.41, 5.74) is 0.962. The maximum Gasteiger partial charge on any atom is 0.240 e. The van der Waals surface area contributed by atoms with Crippen LogP contribution >= 0.6 is 0 Å². The lowest BCUT2D eigenvalue weighted by molar-refractivity contribution is 0.393. The minimum Gasteiger partial charge on any atom is -0.385 e. The molecule has 0 bridgehead atoms. The second-order valence-corrected chi connectivity index (χ2v) is 7.61. The molecule has 0 amide bonds. The van der Waals surface area contributed by atoms with Crippen LogP contribution in [-0.4, -0.2) is 34.1 Å². The maximum atomic E-state index is 12.0. The third kappa shape index (κ3) is 4.98. The highest BCUT2D eigenvalue weighted by Gasteiger charge is 2.15. The summed E-state index contributed by atoms with van der Waals surface area (Å²) < 4.78 is 26.6. The van der Waals surface area contributed by atoms with E-state index < -0.39 is 10.0 Å². The van der Waals surface area contributed by atoms with Gasteiger partial charge in [-0.1, -0.05) is 0 Å². The molecule has 0 radical (unpaired) electrons. The van der Waals surface area contributed by atoms with E-state index in [4.69, 9.17) is 0 Å². The van der Waals surface area contributed by atoms with E-state index in [1.165, 1.54) is 12.8 Å². The van der Waals surface area contributed by atoms with Gasteiger partial charge in [-0.05, 0) is 70.0 Å². The maximum absolute atomic E-state index is 12.0. The average Bonchev–Trinajstić information content (AvgIpc) is 2.45. The Morgan fingerprint density at radius 3 is 2.57 bits per heavy atom. The molecule has 6 heteroatoms. The molecule has 0 saturated carbocycles. The zero-order chi connectivity index (χ0) is 15.3. The van der Waals surface area contributed by atoms with Crippen LogP contribution in [0.1, 0.15) is 26.7 Å². The molecule has 1 aliphatic heterocycles. The van der Waals surface area contributed by atoms with Gasteiger partial charge in [0, 0.05) is 18.3 Å². The fourth-order valence-electron chi connectivity index (χ4n) is 2.49. The number of piperidine rings is 1. The smallest absolute Gasteiger partial charge is 0.240 e. The topological polar surface area (TPSA) is 70.2 Å². The van der Waals surface area contributed by atoms with E-state index in [1.54, 1.807) is 12.1 Å². The van der Waals surface area contributed by atoms with Gasteiger partial charge in [0.2, 0.25) is 10.0 Å². The molecule has 1 unspecified atom stereocenters. The van der Waals surface area contributed by atoms with Crippen molar-refractivity contribution in [2.24, 2.45) is 5.92 Å². The van der Waals surface area contributed by atoms with Gasteiger partial charge in [-0.15, -0.1) is 0 Å². The first-order valence-electron chi connectivity index (χ1n) is 7.54. The van der Waals surface area contributed by atoms with E-state index in [9.17, 15) is 8.42 Å². The lowest BCUT2D eigenvalue weighted by Crippen LogP contribution is -2.33. The van der Waals surface area contributed by atoms with Crippen LogP contribution in [0.15, 0.2) is 29.2 Å². The summed E-state index contributed by atoms with van der Waals surface area (Å²) in [5, 5.41) is 6.77. The monoisotopic (exact) mass is 311 g/mol. The third-order valence-corrected chi connectivity index (χ3v) is 5.22. The summed E-state index contributed by atoms with van der Waals surface area (Å²) in [4.78, 5) is 0.307. The molecule has 1 fully saturated rings. The highest BCUT2D eigenvalue weighted by Crippen LogP contribution is 2.16. The summed E-state index contributed by atoms with van der Waals surface area (Å²) >= 11 is 0. The van der Waals surface area contributed by atoms with E-state index >= 15 is 0 Å². The number of sulfonamides is 1. The van der Waals surface area contributed by atoms with Gasteiger partial charge in [-0.2, -0.15) is 0 Å². The molecule has 1 aromatic carbocycles. The van der Waals surface area contributed by atoms with Crippen molar-refractivity contribution in [3.63, 3.8) is 0 Å². The van der Waals surface area contributed by atoms with Crippen LogP contribution in [0, 0.1) is 5.92 Å². The van der Waals surface area contributed by atoms with Gasteiger partial charge in [0.15, 0.2) is 0 Å². The van der Waals surface area contributed by atoms with Crippen LogP contribution in [-0.2, 0) is 10.0 Å². The summed E-state index contributed by atoms with van der Waals surface area (Å²) in [6.45, 7) is 6.71. The van der Waals surface area contributed by atoms with E-state index in [0.29, 0.717) is 10.8 Å². The summed E-state index contributed by atoms with van der Waals surface area (Å²) in [7, 11) is -3.40. The van der Waals surface area contributed by atoms with Crippen molar-refractivity contribution < 1.29 is 8.42 Å². The van der Waals surface area contributed by atoms with Gasteiger partial charge in [0.05, 0.1) is 4.90 Å². The average molecular weight is 311 g/mol. The molecule has 1 heterocycles. The van der Waals surface area contributed by atoms with Crippen LogP contribution in [0.2, 0.25) is 0 Å². The minimum absolute atomic E-state index is 0.105. The number of hydrogen-bond donors (Lipinski definition) is 3. The van der Waals surface area contributed by atoms with Gasteiger partial charge in [-0.3, -0.25) is 0 Å². The van der Waals surface area contributed by atoms with Crippen LogP contribution < -0.4 is 15.4 Å². The molecule has 1 atom stereocenters. The quantitative estimate of drug-likeness (QED) is 0.749. The van der Waals surface area contributed by atoms with Gasteiger partial charge in [0.25, 0.3) is 0 Å². The van der Waals surface area contributed by atoms with E-state index in [0.717, 1.165) is 25.3 Å². The van der Waals surface area contributed by atoms with E-state index in [-0.39, 0.29) is 6.04 Å². The van der Waals surface area contributed by atoms with Crippen LogP contribution in [0.25, 0.3) is 0 Å². The third-order valence-electron chi connectivity index (χ3n) is 3.55. The first-order valence-corrected chi connectivity index (χ1v) is 9.02. The summed E-state index contributed by atoms with van der Waals surface area (Å²) in [5.74, 6) is 0.643. The Kier molecular flexibility index (Phi) is 5.61. The fourth-order valence-corrected chi connectivity index (χ4v) is 3.74. The largest absolute Gasteiger partial charge is 0.385 e. The van der Waals surface area contributed by atoms with Crippen molar-refractivity contribution in [1.29, 1.82) is 0 Å². The molecule has 2 rings (SSSR count). The molecular formula is C15H25N3O2S. The van der Waals surface area contributed by atoms with Crippen molar-refractivity contribution in [2.45, 2.75) is 37.6 Å². The zero-order valence-electron chi connectivity index (χ0n) is 12.7. The van der Waals surface area contributed by atoms with Crippen molar-refractivity contribution in [3.8, 4) is 0 Å². The Morgan fingerprint density at radius 2 is 2.00 bits per heavy atom. The Labute approximate surface area is 127 Å². The molecule has 0 spiro atoms. The Morgan fingerprint density at radius 1 is 1.29 bits per heavy atom. The molecule has 3 N–H and O–H groups in total. The molecule has 21 heavy (non-hydrogen) atoms. The zero-order valence-corrected chi connectivity index (χ0v) is 13.5. The molecule has 1 saturated heterocycles. The van der Waals surface area contributed by atoms with Gasteiger partial charge in [-0.25, -0.2) is 13.1 Å². The fraction of sp³-hybridized carbons (Fsp3) is 0.600. The number of hydrogen-bond acceptors (Lipinski definition) is 4. The highest BCUT2D eigenvalue weighted by molar-refractivity contribution is 7.89. The number of rotatable bonds is 6. The Balaban J connectivity index is 1.92. The normalized spacial score (nSPS) is 19.7. The van der Waals surface area contributed by atoms with Crippen molar-refractivity contribution >= 4 is 15.7 Å². The Bertz CT molecular complexity index is 535. The van der Waals surface area contributed by atoms with Crippen LogP contribution in [0.4, 0.5) is 5.69 Å². The second-order valence-electron chi connectivity index (χ2n) is 5.89. The number of nitrogens with one attached hydrogen (secondary N) is 3. The SMILES string of the molecule is CC(C)NS(=O)(=O)c1ccc(NCC2CCCNC2)cc1. The molecule has 1 aliphatic rings. The predicted octanol–water partition coefficient (Wildman–Crippen LogP) is 1.78. The van der Waals surface area contributed by atoms with Crippen molar-refractivity contribution in [2.75, 3.05) is 25.0 Å². The molecule has 0 aliphatic carbocycles. The molecule has 1 aromatic rings. The minimum atomic E-state index is -3.40. The van der Waals surface area contributed by atoms with Gasteiger partial charge in [0.1, 0.15) is 0 Å². The molecule has 0 aromatic heterocycles. The Hall–Kier alpha value is -1.11. The van der Waals surface area contributed by atoms with Gasteiger partial charge < -0.3 is 10.6 Å². The van der Waals surface area contributed by atoms with Crippen molar-refractivity contribution in [1.82, 2.24) is 10.0 Å². The first-order chi connectivity index (χ1) is 9.97. The first kappa shape index (κ1) is 16.3. The molecule has 118 valence electrons. The number of anilines is 1. The lowest BCUT2D eigenvalue weighted by Gasteiger charge is -2.23. The molecular weight excluding hydrogens is 286 g/mol. The number of benzene rings is 1. The summed E-state index contributed by atoms with van der Waals surface area (Å²) in [6, 6.07) is 6.83. The predicted molar refractivity (Wildman–Crippen MR) is 86.0 cm³/mol. The standard InChI is InChI=1S/C15H25N3O2S/c1-12(2)18-21(19,20)15-7-5-14(6-8-15)17-11-13-4-3-9-16-10-13/h5-8,12-13,16-18H,3-4,9-11H2,1-2H3. The lowest BCUT2D eigenvalue weighted by atomic mass is 10.00. The van der Waals surface area contributed by atoms with E-state index in [1.807, 2.05) is 26.0 Å². The highest BCUT2D eigenvalue weighted by atomic mass is 32.2. The van der Waals surface area contributed by atoms with Crippen LogP contribution in [0.5, 0.6) is 0 Å². The van der Waals surface area contributed by atoms with Crippen molar-refractivity contribution in [3.05, 3.63) is 24.3 Å². The molecule has 5 nitrogen and oxygen atoms in total. The van der Waals surface area contributed by atoms with E-state index in [2.05, 4.69) is 15.4 Å².